The van der Waals surface area contributed by atoms with Crippen molar-refractivity contribution in [1.29, 1.82) is 0 Å². The van der Waals surface area contributed by atoms with Crippen LogP contribution in [-0.2, 0) is 22.7 Å². The van der Waals surface area contributed by atoms with E-state index in [9.17, 15) is 19.2 Å². The van der Waals surface area contributed by atoms with Crippen LogP contribution in [0.25, 0.3) is 0 Å². The second kappa shape index (κ2) is 8.96. The summed E-state index contributed by atoms with van der Waals surface area (Å²) in [6.45, 7) is 1.93. The van der Waals surface area contributed by atoms with Gasteiger partial charge in [-0.2, -0.15) is 0 Å². The molecule has 3 aliphatic heterocycles. The van der Waals surface area contributed by atoms with Gasteiger partial charge in [0, 0.05) is 49.3 Å². The first-order chi connectivity index (χ1) is 16.4. The molecule has 4 amide bonds. The molecule has 9 heteroatoms. The predicted molar refractivity (Wildman–Crippen MR) is 123 cm³/mol. The lowest BCUT2D eigenvalue weighted by molar-refractivity contribution is -0.134. The van der Waals surface area contributed by atoms with Crippen LogP contribution in [0.5, 0.6) is 5.75 Å². The molecule has 0 saturated carbocycles. The van der Waals surface area contributed by atoms with Gasteiger partial charge in [0.2, 0.25) is 5.91 Å². The van der Waals surface area contributed by atoms with Crippen molar-refractivity contribution in [2.75, 3.05) is 20.2 Å². The Kier molecular flexibility index (Phi) is 5.85. The number of amides is 4. The number of imide groups is 1. The quantitative estimate of drug-likeness (QED) is 0.656. The Morgan fingerprint density at radius 1 is 1.06 bits per heavy atom. The average molecular weight is 465 g/mol. The maximum atomic E-state index is 13.0. The molecule has 9 nitrogen and oxygen atoms in total. The fraction of sp³-hybridized carbons (Fsp3) is 0.440. The van der Waals surface area contributed by atoms with E-state index < -0.39 is 12.1 Å². The summed E-state index contributed by atoms with van der Waals surface area (Å²) < 4.78 is 7.16. The highest BCUT2D eigenvalue weighted by molar-refractivity contribution is 6.04. The first kappa shape index (κ1) is 22.2. The highest BCUT2D eigenvalue weighted by Gasteiger charge is 2.40. The van der Waals surface area contributed by atoms with Crippen LogP contribution in [0.4, 0.5) is 4.79 Å². The Hall–Kier alpha value is -3.62. The first-order valence-corrected chi connectivity index (χ1v) is 11.7. The highest BCUT2D eigenvalue weighted by Crippen LogP contribution is 2.35. The minimum absolute atomic E-state index is 0.0140. The second-order valence-electron chi connectivity index (χ2n) is 9.27. The molecule has 4 heterocycles. The predicted octanol–water partition coefficient (Wildman–Crippen LogP) is 1.70. The number of fused-ring (bicyclic) bond motifs is 4. The standard InChI is InChI=1S/C25H28N4O5/c1-34-21-7-3-2-5-17(21)15-29-24(32)19(26-25(29)33)9-10-22(30)27-12-16-11-18(14-27)20-6-4-8-23(31)28(20)13-16/h2-8,16,18-19H,9-15H2,1H3,(H,26,33)/t16-,18+,19?/m1/s1. The van der Waals surface area contributed by atoms with E-state index in [1.165, 1.54) is 4.90 Å². The zero-order valence-corrected chi connectivity index (χ0v) is 19.1. The molecule has 34 heavy (non-hydrogen) atoms. The van der Waals surface area contributed by atoms with Gasteiger partial charge >= 0.3 is 6.03 Å². The number of rotatable bonds is 6. The highest BCUT2D eigenvalue weighted by atomic mass is 16.5. The summed E-state index contributed by atoms with van der Waals surface area (Å²) >= 11 is 0. The number of hydrogen-bond donors (Lipinski definition) is 1. The van der Waals surface area contributed by atoms with E-state index in [2.05, 4.69) is 5.32 Å². The van der Waals surface area contributed by atoms with E-state index in [4.69, 9.17) is 4.74 Å². The number of para-hydroxylation sites is 1. The summed E-state index contributed by atoms with van der Waals surface area (Å²) in [6, 6.07) is 11.4. The molecule has 1 aromatic heterocycles. The Labute approximate surface area is 197 Å². The van der Waals surface area contributed by atoms with Crippen LogP contribution in [0, 0.1) is 5.92 Å². The lowest BCUT2D eigenvalue weighted by Crippen LogP contribution is -2.49. The molecular formula is C25H28N4O5. The zero-order chi connectivity index (χ0) is 23.8. The molecule has 1 unspecified atom stereocenters. The largest absolute Gasteiger partial charge is 0.496 e. The van der Waals surface area contributed by atoms with E-state index in [1.807, 2.05) is 33.7 Å². The van der Waals surface area contributed by atoms with Crippen molar-refractivity contribution in [2.45, 2.75) is 44.3 Å². The van der Waals surface area contributed by atoms with Crippen molar-refractivity contribution in [1.82, 2.24) is 19.7 Å². The Morgan fingerprint density at radius 2 is 1.88 bits per heavy atom. The van der Waals surface area contributed by atoms with Gasteiger partial charge in [0.15, 0.2) is 0 Å². The van der Waals surface area contributed by atoms with Gasteiger partial charge in [-0.3, -0.25) is 19.3 Å². The number of ether oxygens (including phenoxy) is 1. The van der Waals surface area contributed by atoms with E-state index in [-0.39, 0.29) is 48.6 Å². The number of benzene rings is 1. The lowest BCUT2D eigenvalue weighted by atomic mass is 9.83. The van der Waals surface area contributed by atoms with Crippen molar-refractivity contribution in [2.24, 2.45) is 5.92 Å². The monoisotopic (exact) mass is 464 g/mol. The van der Waals surface area contributed by atoms with Gasteiger partial charge in [-0.25, -0.2) is 4.79 Å². The van der Waals surface area contributed by atoms with E-state index in [1.54, 1.807) is 25.3 Å². The number of carbonyl (C=O) groups is 3. The van der Waals surface area contributed by atoms with Crippen LogP contribution in [0.3, 0.4) is 0 Å². The Morgan fingerprint density at radius 3 is 2.71 bits per heavy atom. The number of carbonyl (C=O) groups excluding carboxylic acids is 3. The Bertz CT molecular complexity index is 1190. The van der Waals surface area contributed by atoms with Crippen LogP contribution in [-0.4, -0.2) is 58.5 Å². The van der Waals surface area contributed by atoms with E-state index in [0.29, 0.717) is 25.4 Å². The summed E-state index contributed by atoms with van der Waals surface area (Å²) in [6.07, 6.45) is 1.41. The van der Waals surface area contributed by atoms with Crippen LogP contribution in [0.1, 0.15) is 36.4 Å². The third-order valence-electron chi connectivity index (χ3n) is 7.11. The van der Waals surface area contributed by atoms with Crippen LogP contribution in [0.15, 0.2) is 47.3 Å². The van der Waals surface area contributed by atoms with Crippen molar-refractivity contribution >= 4 is 17.8 Å². The third-order valence-corrected chi connectivity index (χ3v) is 7.11. The molecule has 3 aliphatic rings. The van der Waals surface area contributed by atoms with Gasteiger partial charge in [0.05, 0.1) is 13.7 Å². The minimum atomic E-state index is -0.713. The molecule has 2 fully saturated rings. The maximum absolute atomic E-state index is 13.0. The molecule has 2 saturated heterocycles. The molecule has 5 rings (SSSR count). The van der Waals surface area contributed by atoms with Gasteiger partial charge < -0.3 is 19.5 Å². The molecule has 0 spiro atoms. The smallest absolute Gasteiger partial charge is 0.325 e. The van der Waals surface area contributed by atoms with Crippen molar-refractivity contribution in [3.8, 4) is 5.75 Å². The van der Waals surface area contributed by atoms with Crippen LogP contribution in [0.2, 0.25) is 0 Å². The number of aromatic nitrogens is 1. The summed E-state index contributed by atoms with van der Waals surface area (Å²) in [4.78, 5) is 53.6. The number of hydrogen-bond acceptors (Lipinski definition) is 5. The summed E-state index contributed by atoms with van der Waals surface area (Å²) in [5.74, 6) is 0.661. The lowest BCUT2D eigenvalue weighted by Gasteiger charge is -2.42. The van der Waals surface area contributed by atoms with Gasteiger partial charge in [-0.05, 0) is 30.9 Å². The van der Waals surface area contributed by atoms with Crippen molar-refractivity contribution < 1.29 is 19.1 Å². The number of nitrogens with zero attached hydrogens (tertiary/aromatic N) is 3. The summed E-state index contributed by atoms with van der Waals surface area (Å²) in [5, 5.41) is 2.72. The minimum Gasteiger partial charge on any atom is -0.496 e. The number of pyridine rings is 1. The first-order valence-electron chi connectivity index (χ1n) is 11.7. The molecule has 178 valence electrons. The maximum Gasteiger partial charge on any atom is 0.325 e. The SMILES string of the molecule is COc1ccccc1CN1C(=O)NC(CCC(=O)N2C[C@H]3C[C@@H](C2)c2cccc(=O)n2C3)C1=O. The van der Waals surface area contributed by atoms with Crippen LogP contribution >= 0.6 is 0 Å². The van der Waals surface area contributed by atoms with Gasteiger partial charge in [-0.15, -0.1) is 0 Å². The van der Waals surface area contributed by atoms with Crippen LogP contribution < -0.4 is 15.6 Å². The van der Waals surface area contributed by atoms with Gasteiger partial charge in [0.25, 0.3) is 11.5 Å². The zero-order valence-electron chi connectivity index (χ0n) is 19.1. The van der Waals surface area contributed by atoms with Gasteiger partial charge in [-0.1, -0.05) is 24.3 Å². The summed E-state index contributed by atoms with van der Waals surface area (Å²) in [7, 11) is 1.55. The fourth-order valence-electron chi connectivity index (χ4n) is 5.45. The molecular weight excluding hydrogens is 436 g/mol. The molecule has 0 radical (unpaired) electrons. The second-order valence-corrected chi connectivity index (χ2v) is 9.27. The third kappa shape index (κ3) is 4.06. The molecule has 0 aliphatic carbocycles. The number of urea groups is 1. The molecule has 1 aromatic carbocycles. The molecule has 2 bridgehead atoms. The number of piperidine rings is 1. The normalized spacial score (nSPS) is 23.5. The Balaban J connectivity index is 1.20. The van der Waals surface area contributed by atoms with Gasteiger partial charge in [0.1, 0.15) is 11.8 Å². The van der Waals surface area contributed by atoms with Crippen molar-refractivity contribution in [3.63, 3.8) is 0 Å². The number of likely N-dealkylation sites (tertiary alicyclic amines) is 1. The molecule has 1 N–H and O–H groups in total. The number of nitrogens with one attached hydrogen (secondary N) is 1. The summed E-state index contributed by atoms with van der Waals surface area (Å²) in [5.41, 5.74) is 1.75. The van der Waals surface area contributed by atoms with Crippen molar-refractivity contribution in [3.05, 3.63) is 64.1 Å². The van der Waals surface area contributed by atoms with E-state index in [0.717, 1.165) is 17.7 Å². The fourth-order valence-corrected chi connectivity index (χ4v) is 5.45. The number of methoxy groups -OCH3 is 1. The average Bonchev–Trinajstić information content (AvgIpc) is 3.11. The molecule has 3 atom stereocenters. The topological polar surface area (TPSA) is 101 Å². The van der Waals surface area contributed by atoms with E-state index >= 15 is 0 Å². The molecule has 2 aromatic rings.